The highest BCUT2D eigenvalue weighted by molar-refractivity contribution is 5.98. The van der Waals surface area contributed by atoms with E-state index in [2.05, 4.69) is 17.4 Å². The van der Waals surface area contributed by atoms with Gasteiger partial charge in [0.25, 0.3) is 0 Å². The second-order valence-electron chi connectivity index (χ2n) is 5.28. The van der Waals surface area contributed by atoms with Crippen molar-refractivity contribution in [2.45, 2.75) is 19.8 Å². The predicted octanol–water partition coefficient (Wildman–Crippen LogP) is 2.18. The zero-order valence-corrected chi connectivity index (χ0v) is 11.8. The van der Waals surface area contributed by atoms with Crippen molar-refractivity contribution in [1.29, 1.82) is 0 Å². The summed E-state index contributed by atoms with van der Waals surface area (Å²) in [6.07, 6.45) is 1.91. The Morgan fingerprint density at radius 3 is 2.71 bits per heavy atom. The summed E-state index contributed by atoms with van der Waals surface area (Å²) in [4.78, 5) is 13.7. The van der Waals surface area contributed by atoms with Crippen molar-refractivity contribution in [3.05, 3.63) is 29.6 Å². The van der Waals surface area contributed by atoms with Gasteiger partial charge in [0.15, 0.2) is 5.84 Å². The predicted molar refractivity (Wildman–Crippen MR) is 77.9 cm³/mol. The molecule has 1 aromatic carbocycles. The molecule has 0 atom stereocenters. The molecule has 4 N–H and O–H groups in total. The molecule has 0 unspecified atom stereocenters. The molecule has 1 fully saturated rings. The van der Waals surface area contributed by atoms with Crippen LogP contribution in [0.3, 0.4) is 0 Å². The van der Waals surface area contributed by atoms with Crippen molar-refractivity contribution in [1.82, 2.24) is 4.90 Å². The zero-order valence-electron chi connectivity index (χ0n) is 11.8. The lowest BCUT2D eigenvalue weighted by atomic mass is 10.00. The average Bonchev–Trinajstić information content (AvgIpc) is 2.49. The monoisotopic (exact) mass is 294 g/mol. The van der Waals surface area contributed by atoms with Gasteiger partial charge in [-0.1, -0.05) is 12.1 Å². The summed E-state index contributed by atoms with van der Waals surface area (Å²) in [6.45, 7) is 3.51. The van der Waals surface area contributed by atoms with Crippen LogP contribution in [0.5, 0.6) is 0 Å². The van der Waals surface area contributed by atoms with Crippen molar-refractivity contribution in [2.75, 3.05) is 18.4 Å². The van der Waals surface area contributed by atoms with E-state index in [0.29, 0.717) is 19.0 Å². The smallest absolute Gasteiger partial charge is 0.321 e. The molecule has 1 aromatic rings. The first-order chi connectivity index (χ1) is 10.0. The number of amidine groups is 1. The number of hydrogen-bond acceptors (Lipinski definition) is 3. The van der Waals surface area contributed by atoms with E-state index in [-0.39, 0.29) is 23.1 Å². The lowest BCUT2D eigenvalue weighted by Gasteiger charge is -2.30. The third kappa shape index (κ3) is 3.62. The van der Waals surface area contributed by atoms with Crippen LogP contribution in [0.15, 0.2) is 23.4 Å². The molecule has 0 spiro atoms. The number of nitrogens with zero attached hydrogens (tertiary/aromatic N) is 2. The number of nitrogens with two attached hydrogens (primary N) is 1. The number of piperidine rings is 1. The molecule has 1 aliphatic rings. The number of urea groups is 1. The molecule has 2 amide bonds. The molecular formula is C14H19FN4O2. The molecular weight excluding hydrogens is 275 g/mol. The van der Waals surface area contributed by atoms with Crippen LogP contribution >= 0.6 is 0 Å². The molecule has 0 saturated carbocycles. The van der Waals surface area contributed by atoms with Gasteiger partial charge in [-0.2, -0.15) is 0 Å². The Morgan fingerprint density at radius 1 is 1.48 bits per heavy atom. The summed E-state index contributed by atoms with van der Waals surface area (Å²) in [5, 5.41) is 13.9. The second kappa shape index (κ2) is 6.43. The van der Waals surface area contributed by atoms with Gasteiger partial charge in [0.05, 0.1) is 5.69 Å². The number of benzene rings is 1. The molecule has 0 aromatic heterocycles. The maximum Gasteiger partial charge on any atom is 0.321 e. The van der Waals surface area contributed by atoms with Gasteiger partial charge in [0, 0.05) is 18.7 Å². The fourth-order valence-electron chi connectivity index (χ4n) is 2.24. The van der Waals surface area contributed by atoms with Crippen LogP contribution in [0, 0.1) is 11.7 Å². The number of hydrogen-bond donors (Lipinski definition) is 3. The van der Waals surface area contributed by atoms with Crippen LogP contribution in [0.2, 0.25) is 0 Å². The summed E-state index contributed by atoms with van der Waals surface area (Å²) < 4.78 is 13.9. The van der Waals surface area contributed by atoms with E-state index in [1.54, 1.807) is 4.90 Å². The number of likely N-dealkylation sites (tertiary alicyclic amines) is 1. The largest absolute Gasteiger partial charge is 0.409 e. The van der Waals surface area contributed by atoms with Crippen molar-refractivity contribution >= 4 is 17.6 Å². The topological polar surface area (TPSA) is 91.0 Å². The van der Waals surface area contributed by atoms with E-state index in [4.69, 9.17) is 10.9 Å². The average molecular weight is 294 g/mol. The highest BCUT2D eigenvalue weighted by Crippen LogP contribution is 2.19. The number of rotatable bonds is 2. The number of amides is 2. The van der Waals surface area contributed by atoms with Crippen LogP contribution in [0.4, 0.5) is 14.9 Å². The summed E-state index contributed by atoms with van der Waals surface area (Å²) in [7, 11) is 0. The highest BCUT2D eigenvalue weighted by Gasteiger charge is 2.21. The molecule has 0 aliphatic carbocycles. The number of nitrogens with one attached hydrogen (secondary N) is 1. The van der Waals surface area contributed by atoms with E-state index >= 15 is 0 Å². The Hall–Kier alpha value is -2.31. The van der Waals surface area contributed by atoms with Crippen molar-refractivity contribution in [3.8, 4) is 0 Å². The number of carbonyl (C=O) groups excluding carboxylic acids is 1. The molecule has 1 heterocycles. The van der Waals surface area contributed by atoms with E-state index in [1.165, 1.54) is 12.1 Å². The van der Waals surface area contributed by atoms with Gasteiger partial charge in [0.2, 0.25) is 0 Å². The standard InChI is InChI=1S/C14H19FN4O2/c1-9-4-6-19(7-5-9)14(20)17-12-3-2-10(8-11(12)15)13(16)18-21/h2-3,8-9,21H,4-7H2,1H3,(H2,16,18)(H,17,20). The van der Waals surface area contributed by atoms with E-state index in [1.807, 2.05) is 0 Å². The zero-order chi connectivity index (χ0) is 15.4. The SMILES string of the molecule is CC1CCN(C(=O)Nc2ccc(/C(N)=N/O)cc2F)CC1. The van der Waals surface area contributed by atoms with Crippen LogP contribution in [0.25, 0.3) is 0 Å². The van der Waals surface area contributed by atoms with Crippen LogP contribution < -0.4 is 11.1 Å². The summed E-state index contributed by atoms with van der Waals surface area (Å²) in [6, 6.07) is 3.68. The first-order valence-electron chi connectivity index (χ1n) is 6.84. The van der Waals surface area contributed by atoms with Gasteiger partial charge in [-0.05, 0) is 37.0 Å². The second-order valence-corrected chi connectivity index (χ2v) is 5.28. The van der Waals surface area contributed by atoms with E-state index in [9.17, 15) is 9.18 Å². The Kier molecular flexibility index (Phi) is 4.62. The Labute approximate surface area is 122 Å². The van der Waals surface area contributed by atoms with Crippen molar-refractivity contribution in [2.24, 2.45) is 16.8 Å². The minimum Gasteiger partial charge on any atom is -0.409 e. The Morgan fingerprint density at radius 2 is 2.14 bits per heavy atom. The number of anilines is 1. The minimum atomic E-state index is -0.627. The van der Waals surface area contributed by atoms with Gasteiger partial charge < -0.3 is 21.2 Å². The third-order valence-corrected chi connectivity index (χ3v) is 3.69. The fourth-order valence-corrected chi connectivity index (χ4v) is 2.24. The number of carbonyl (C=O) groups is 1. The van der Waals surface area contributed by atoms with Crippen LogP contribution in [-0.2, 0) is 0 Å². The maximum atomic E-state index is 13.9. The number of halogens is 1. The first kappa shape index (κ1) is 15.1. The Bertz CT molecular complexity index is 554. The molecule has 1 aliphatic heterocycles. The summed E-state index contributed by atoms with van der Waals surface area (Å²) in [5.74, 6) is -0.194. The van der Waals surface area contributed by atoms with E-state index < -0.39 is 5.82 Å². The van der Waals surface area contributed by atoms with Crippen LogP contribution in [-0.4, -0.2) is 35.1 Å². The molecule has 114 valence electrons. The molecule has 6 nitrogen and oxygen atoms in total. The lowest BCUT2D eigenvalue weighted by Crippen LogP contribution is -2.40. The van der Waals surface area contributed by atoms with E-state index in [0.717, 1.165) is 18.9 Å². The molecule has 1 saturated heterocycles. The highest BCUT2D eigenvalue weighted by atomic mass is 19.1. The van der Waals surface area contributed by atoms with Gasteiger partial charge in [-0.25, -0.2) is 9.18 Å². The summed E-state index contributed by atoms with van der Waals surface area (Å²) >= 11 is 0. The lowest BCUT2D eigenvalue weighted by molar-refractivity contribution is 0.186. The molecule has 0 radical (unpaired) electrons. The van der Waals surface area contributed by atoms with Gasteiger partial charge in [-0.3, -0.25) is 0 Å². The Balaban J connectivity index is 2.04. The van der Waals surface area contributed by atoms with Crippen molar-refractivity contribution < 1.29 is 14.4 Å². The van der Waals surface area contributed by atoms with Gasteiger partial charge >= 0.3 is 6.03 Å². The third-order valence-electron chi connectivity index (χ3n) is 3.69. The molecule has 0 bridgehead atoms. The normalized spacial score (nSPS) is 16.9. The number of oxime groups is 1. The molecule has 7 heteroatoms. The van der Waals surface area contributed by atoms with Crippen LogP contribution in [0.1, 0.15) is 25.3 Å². The fraction of sp³-hybridized carbons (Fsp3) is 0.429. The minimum absolute atomic E-state index is 0.0770. The maximum absolute atomic E-state index is 13.9. The molecule has 2 rings (SSSR count). The van der Waals surface area contributed by atoms with Gasteiger partial charge in [-0.15, -0.1) is 0 Å². The summed E-state index contributed by atoms with van der Waals surface area (Å²) in [5.41, 5.74) is 5.71. The quantitative estimate of drug-likeness (QED) is 0.338. The molecule has 21 heavy (non-hydrogen) atoms. The van der Waals surface area contributed by atoms with Crippen molar-refractivity contribution in [3.63, 3.8) is 0 Å². The first-order valence-corrected chi connectivity index (χ1v) is 6.84. The van der Waals surface area contributed by atoms with Gasteiger partial charge in [0.1, 0.15) is 5.82 Å².